The molecule has 29 heavy (non-hydrogen) atoms. The number of imidazole rings is 1. The number of rotatable bonds is 4. The maximum atomic E-state index is 12.8. The number of hydrogen-bond donors (Lipinski definition) is 2. The lowest BCUT2D eigenvalue weighted by Gasteiger charge is -2.14. The molecule has 4 rings (SSSR count). The van der Waals surface area contributed by atoms with Crippen molar-refractivity contribution in [2.75, 3.05) is 5.32 Å². The first-order chi connectivity index (χ1) is 13.9. The van der Waals surface area contributed by atoms with Crippen molar-refractivity contribution in [3.05, 3.63) is 53.7 Å². The zero-order valence-corrected chi connectivity index (χ0v) is 16.1. The first-order valence-electron chi connectivity index (χ1n) is 8.96. The van der Waals surface area contributed by atoms with Crippen LogP contribution >= 0.6 is 0 Å². The SMILES string of the molecule is Cc1ccc2nc(C)cc(C(=O)OC(C)C(=O)Nc3ncnc4nc[nH]c34)c2c1. The summed E-state index contributed by atoms with van der Waals surface area (Å²) in [5, 5.41) is 3.32. The molecule has 1 amide bonds. The molecule has 3 aromatic heterocycles. The smallest absolute Gasteiger partial charge is 0.339 e. The van der Waals surface area contributed by atoms with Crippen LogP contribution in [0.1, 0.15) is 28.5 Å². The van der Waals surface area contributed by atoms with Gasteiger partial charge in [0.25, 0.3) is 5.91 Å². The zero-order valence-electron chi connectivity index (χ0n) is 16.1. The van der Waals surface area contributed by atoms with Crippen molar-refractivity contribution in [3.63, 3.8) is 0 Å². The van der Waals surface area contributed by atoms with Crippen molar-refractivity contribution < 1.29 is 14.3 Å². The van der Waals surface area contributed by atoms with E-state index in [-0.39, 0.29) is 5.82 Å². The fourth-order valence-electron chi connectivity index (χ4n) is 3.00. The molecule has 4 aromatic rings. The number of hydrogen-bond acceptors (Lipinski definition) is 7. The molecule has 0 saturated carbocycles. The summed E-state index contributed by atoms with van der Waals surface area (Å²) in [6, 6.07) is 7.32. The lowest BCUT2D eigenvalue weighted by Crippen LogP contribution is -2.30. The van der Waals surface area contributed by atoms with Crippen LogP contribution in [0.15, 0.2) is 36.9 Å². The largest absolute Gasteiger partial charge is 0.449 e. The number of nitrogens with zero attached hydrogens (tertiary/aromatic N) is 4. The highest BCUT2D eigenvalue weighted by Crippen LogP contribution is 2.22. The van der Waals surface area contributed by atoms with E-state index in [1.54, 1.807) is 13.0 Å². The molecule has 2 N–H and O–H groups in total. The minimum atomic E-state index is -1.04. The highest BCUT2D eigenvalue weighted by Gasteiger charge is 2.22. The predicted molar refractivity (Wildman–Crippen MR) is 106 cm³/mol. The molecule has 1 aromatic carbocycles. The molecular weight excluding hydrogens is 372 g/mol. The summed E-state index contributed by atoms with van der Waals surface area (Å²) < 4.78 is 5.42. The highest BCUT2D eigenvalue weighted by molar-refractivity contribution is 6.05. The third-order valence-corrected chi connectivity index (χ3v) is 4.43. The number of H-pyrrole nitrogens is 1. The molecule has 0 aliphatic heterocycles. The van der Waals surface area contributed by atoms with E-state index in [4.69, 9.17) is 4.74 Å². The van der Waals surface area contributed by atoms with Gasteiger partial charge in [0, 0.05) is 11.1 Å². The summed E-state index contributed by atoms with van der Waals surface area (Å²) in [6.07, 6.45) is 1.71. The van der Waals surface area contributed by atoms with E-state index in [1.807, 2.05) is 25.1 Å². The van der Waals surface area contributed by atoms with Crippen molar-refractivity contribution in [3.8, 4) is 0 Å². The molecule has 9 heteroatoms. The molecule has 0 aliphatic carbocycles. The Morgan fingerprint density at radius 2 is 1.97 bits per heavy atom. The Labute approximate surface area is 165 Å². The lowest BCUT2D eigenvalue weighted by molar-refractivity contribution is -0.123. The second-order valence-corrected chi connectivity index (χ2v) is 6.69. The number of fused-ring (bicyclic) bond motifs is 2. The van der Waals surface area contributed by atoms with E-state index in [2.05, 4.69) is 30.2 Å². The van der Waals surface area contributed by atoms with Crippen LogP contribution in [0, 0.1) is 13.8 Å². The van der Waals surface area contributed by atoms with Gasteiger partial charge in [0.2, 0.25) is 0 Å². The summed E-state index contributed by atoms with van der Waals surface area (Å²) >= 11 is 0. The molecule has 0 saturated heterocycles. The monoisotopic (exact) mass is 390 g/mol. The normalized spacial score (nSPS) is 12.1. The van der Waals surface area contributed by atoms with Crippen molar-refractivity contribution in [2.24, 2.45) is 0 Å². The average Bonchev–Trinajstić information content (AvgIpc) is 3.17. The number of aryl methyl sites for hydroxylation is 2. The maximum Gasteiger partial charge on any atom is 0.339 e. The van der Waals surface area contributed by atoms with E-state index in [0.29, 0.717) is 33.3 Å². The Kier molecular flexibility index (Phi) is 4.63. The molecule has 1 unspecified atom stereocenters. The first-order valence-corrected chi connectivity index (χ1v) is 8.96. The van der Waals surface area contributed by atoms with Gasteiger partial charge >= 0.3 is 5.97 Å². The third kappa shape index (κ3) is 3.62. The fraction of sp³-hybridized carbons (Fsp3) is 0.200. The fourth-order valence-corrected chi connectivity index (χ4v) is 3.00. The van der Waals surface area contributed by atoms with Crippen LogP contribution in [-0.4, -0.2) is 42.9 Å². The second-order valence-electron chi connectivity index (χ2n) is 6.69. The van der Waals surface area contributed by atoms with E-state index in [9.17, 15) is 9.59 Å². The molecule has 3 heterocycles. The lowest BCUT2D eigenvalue weighted by atomic mass is 10.1. The van der Waals surface area contributed by atoms with Gasteiger partial charge in [-0.25, -0.2) is 19.7 Å². The quantitative estimate of drug-likeness (QED) is 0.514. The molecular formula is C20H18N6O3. The molecule has 0 aliphatic rings. The second kappa shape index (κ2) is 7.27. The number of benzene rings is 1. The number of anilines is 1. The van der Waals surface area contributed by atoms with Gasteiger partial charge in [0.05, 0.1) is 17.4 Å². The van der Waals surface area contributed by atoms with Crippen LogP contribution in [-0.2, 0) is 9.53 Å². The summed E-state index contributed by atoms with van der Waals surface area (Å²) in [5.74, 6) is -0.844. The molecule has 0 fully saturated rings. The van der Waals surface area contributed by atoms with Gasteiger partial charge in [-0.15, -0.1) is 0 Å². The molecule has 0 bridgehead atoms. The number of nitrogens with one attached hydrogen (secondary N) is 2. The van der Waals surface area contributed by atoms with E-state index >= 15 is 0 Å². The van der Waals surface area contributed by atoms with Gasteiger partial charge in [-0.3, -0.25) is 9.78 Å². The zero-order chi connectivity index (χ0) is 20.5. The van der Waals surface area contributed by atoms with Crippen molar-refractivity contribution >= 4 is 39.8 Å². The van der Waals surface area contributed by atoms with Crippen LogP contribution in [0.25, 0.3) is 22.1 Å². The van der Waals surface area contributed by atoms with Crippen molar-refractivity contribution in [1.82, 2.24) is 24.9 Å². The first kappa shape index (κ1) is 18.5. The standard InChI is InChI=1S/C20H18N6O3/c1-10-4-5-15-13(6-10)14(7-11(2)25-15)20(28)29-12(3)19(27)26-18-16-17(22-8-21-16)23-9-24-18/h4-9,12H,1-3H3,(H2,21,22,23,24,26,27). The molecule has 146 valence electrons. The minimum Gasteiger partial charge on any atom is -0.449 e. The Bertz CT molecular complexity index is 1250. The van der Waals surface area contributed by atoms with Crippen LogP contribution in [0.4, 0.5) is 5.82 Å². The van der Waals surface area contributed by atoms with Crippen LogP contribution in [0.2, 0.25) is 0 Å². The van der Waals surface area contributed by atoms with E-state index < -0.39 is 18.0 Å². The number of ether oxygens (including phenoxy) is 1. The van der Waals surface area contributed by atoms with Crippen molar-refractivity contribution in [2.45, 2.75) is 26.9 Å². The number of carbonyl (C=O) groups is 2. The number of amides is 1. The number of aromatic amines is 1. The molecule has 0 radical (unpaired) electrons. The average molecular weight is 390 g/mol. The van der Waals surface area contributed by atoms with Gasteiger partial charge < -0.3 is 15.0 Å². The molecule has 9 nitrogen and oxygen atoms in total. The minimum absolute atomic E-state index is 0.265. The van der Waals surface area contributed by atoms with Gasteiger partial charge in [-0.2, -0.15) is 0 Å². The summed E-state index contributed by atoms with van der Waals surface area (Å²) in [6.45, 7) is 5.24. The van der Waals surface area contributed by atoms with Crippen LogP contribution in [0.5, 0.6) is 0 Å². The van der Waals surface area contributed by atoms with Gasteiger partial charge in [0.1, 0.15) is 11.8 Å². The van der Waals surface area contributed by atoms with Gasteiger partial charge in [0.15, 0.2) is 17.6 Å². The Morgan fingerprint density at radius 1 is 1.14 bits per heavy atom. The summed E-state index contributed by atoms with van der Waals surface area (Å²) in [4.78, 5) is 44.7. The van der Waals surface area contributed by atoms with E-state index in [1.165, 1.54) is 19.6 Å². The number of aromatic nitrogens is 5. The van der Waals surface area contributed by atoms with Crippen LogP contribution in [0.3, 0.4) is 0 Å². The van der Waals surface area contributed by atoms with Gasteiger partial charge in [-0.05, 0) is 39.0 Å². The summed E-state index contributed by atoms with van der Waals surface area (Å²) in [7, 11) is 0. The number of pyridine rings is 1. The molecule has 1 atom stereocenters. The number of carbonyl (C=O) groups excluding carboxylic acids is 2. The Balaban J connectivity index is 1.55. The van der Waals surface area contributed by atoms with E-state index in [0.717, 1.165) is 5.56 Å². The Hall–Kier alpha value is -3.88. The highest BCUT2D eigenvalue weighted by atomic mass is 16.5. The van der Waals surface area contributed by atoms with Crippen LogP contribution < -0.4 is 5.32 Å². The molecule has 0 spiro atoms. The summed E-state index contributed by atoms with van der Waals surface area (Å²) in [5.41, 5.74) is 3.67. The van der Waals surface area contributed by atoms with Gasteiger partial charge in [-0.1, -0.05) is 11.6 Å². The maximum absolute atomic E-state index is 12.8. The Morgan fingerprint density at radius 3 is 2.79 bits per heavy atom. The predicted octanol–water partition coefficient (Wildman–Crippen LogP) is 2.70. The number of esters is 1. The third-order valence-electron chi connectivity index (χ3n) is 4.43. The van der Waals surface area contributed by atoms with Crippen molar-refractivity contribution in [1.29, 1.82) is 0 Å². The topological polar surface area (TPSA) is 123 Å².